The van der Waals surface area contributed by atoms with Crippen molar-refractivity contribution in [2.45, 2.75) is 6.92 Å². The van der Waals surface area contributed by atoms with Crippen molar-refractivity contribution in [1.82, 2.24) is 0 Å². The van der Waals surface area contributed by atoms with E-state index < -0.39 is 10.8 Å². The zero-order valence-electron chi connectivity index (χ0n) is 10.9. The third kappa shape index (κ3) is 3.22. The zero-order chi connectivity index (χ0) is 15.6. The Hall–Kier alpha value is -1.92. The summed E-state index contributed by atoms with van der Waals surface area (Å²) in [6.45, 7) is 1.65. The lowest BCUT2D eigenvalue weighted by Crippen LogP contribution is -2.15. The summed E-state index contributed by atoms with van der Waals surface area (Å²) in [5.41, 5.74) is 0.782. The molecule has 0 spiro atoms. The molecule has 0 aliphatic heterocycles. The minimum absolute atomic E-state index is 0.0365. The smallest absolute Gasteiger partial charge is 0.282 e. The number of nitrogens with zero attached hydrogens (tertiary/aromatic N) is 1. The van der Waals surface area contributed by atoms with Gasteiger partial charge >= 0.3 is 0 Å². The molecule has 0 aliphatic rings. The normalized spacial score (nSPS) is 10.2. The van der Waals surface area contributed by atoms with Crippen LogP contribution >= 0.6 is 27.5 Å². The molecule has 0 saturated heterocycles. The highest BCUT2D eigenvalue weighted by Gasteiger charge is 2.22. The summed E-state index contributed by atoms with van der Waals surface area (Å²) >= 11 is 9.22. The van der Waals surface area contributed by atoms with Crippen molar-refractivity contribution in [3.8, 4) is 0 Å². The molecule has 5 nitrogen and oxygen atoms in total. The van der Waals surface area contributed by atoms with Crippen LogP contribution in [0.15, 0.2) is 40.9 Å². The Kier molecular flexibility index (Phi) is 4.59. The number of hydrogen-bond acceptors (Lipinski definition) is 3. The Morgan fingerprint density at radius 2 is 1.95 bits per heavy atom. The number of aryl methyl sites for hydroxylation is 1. The molecular formula is C14H10BrClN2O3. The lowest BCUT2D eigenvalue weighted by atomic mass is 10.1. The summed E-state index contributed by atoms with van der Waals surface area (Å²) in [6, 6.07) is 9.48. The van der Waals surface area contributed by atoms with Crippen molar-refractivity contribution in [3.05, 3.63) is 67.1 Å². The average molecular weight is 370 g/mol. The molecule has 2 rings (SSSR count). The van der Waals surface area contributed by atoms with E-state index in [0.29, 0.717) is 20.7 Å². The number of hydrogen-bond donors (Lipinski definition) is 1. The van der Waals surface area contributed by atoms with Gasteiger partial charge in [-0.15, -0.1) is 0 Å². The van der Waals surface area contributed by atoms with Crippen LogP contribution in [-0.2, 0) is 0 Å². The summed E-state index contributed by atoms with van der Waals surface area (Å²) in [5, 5.41) is 14.1. The highest BCUT2D eigenvalue weighted by Crippen LogP contribution is 2.31. The van der Waals surface area contributed by atoms with Crippen LogP contribution < -0.4 is 5.32 Å². The highest BCUT2D eigenvalue weighted by atomic mass is 79.9. The quantitative estimate of drug-likeness (QED) is 0.636. The molecule has 108 valence electrons. The summed E-state index contributed by atoms with van der Waals surface area (Å²) in [6.07, 6.45) is 0. The number of amides is 1. The molecular weight excluding hydrogens is 360 g/mol. The van der Waals surface area contributed by atoms with Gasteiger partial charge in [-0.2, -0.15) is 0 Å². The second-order valence-corrected chi connectivity index (χ2v) is 5.48. The molecule has 0 saturated carbocycles. The van der Waals surface area contributed by atoms with E-state index >= 15 is 0 Å². The van der Waals surface area contributed by atoms with Crippen molar-refractivity contribution in [2.24, 2.45) is 0 Å². The van der Waals surface area contributed by atoms with E-state index in [-0.39, 0.29) is 11.3 Å². The number of nitro benzene ring substituents is 1. The van der Waals surface area contributed by atoms with Crippen LogP contribution in [0.4, 0.5) is 11.4 Å². The van der Waals surface area contributed by atoms with Crippen molar-refractivity contribution >= 4 is 44.8 Å². The molecule has 2 aromatic carbocycles. The molecule has 0 atom stereocenters. The molecule has 0 bridgehead atoms. The Balaban J connectivity index is 2.42. The van der Waals surface area contributed by atoms with Gasteiger partial charge in [0.25, 0.3) is 11.6 Å². The number of nitrogens with one attached hydrogen (secondary N) is 1. The summed E-state index contributed by atoms with van der Waals surface area (Å²) in [4.78, 5) is 22.8. The average Bonchev–Trinajstić information content (AvgIpc) is 2.43. The monoisotopic (exact) mass is 368 g/mol. The molecule has 21 heavy (non-hydrogen) atoms. The molecule has 1 N–H and O–H groups in total. The molecule has 7 heteroatoms. The molecule has 0 fully saturated rings. The van der Waals surface area contributed by atoms with Crippen LogP contribution in [0.2, 0.25) is 5.02 Å². The van der Waals surface area contributed by atoms with Crippen LogP contribution in [0.3, 0.4) is 0 Å². The number of carbonyl (C=O) groups excluding carboxylic acids is 1. The van der Waals surface area contributed by atoms with Gasteiger partial charge in [0, 0.05) is 6.07 Å². The first kappa shape index (κ1) is 15.5. The van der Waals surface area contributed by atoms with Crippen LogP contribution in [0.25, 0.3) is 0 Å². The van der Waals surface area contributed by atoms with Gasteiger partial charge in [0.15, 0.2) is 0 Å². The fourth-order valence-corrected chi connectivity index (χ4v) is 2.42. The fourth-order valence-electron chi connectivity index (χ4n) is 1.88. The number of benzene rings is 2. The first-order chi connectivity index (χ1) is 9.91. The number of nitro groups is 1. The van der Waals surface area contributed by atoms with Gasteiger partial charge in [-0.3, -0.25) is 14.9 Å². The van der Waals surface area contributed by atoms with Crippen molar-refractivity contribution in [3.63, 3.8) is 0 Å². The maximum absolute atomic E-state index is 12.3. The molecule has 0 aliphatic carbocycles. The highest BCUT2D eigenvalue weighted by molar-refractivity contribution is 9.10. The van der Waals surface area contributed by atoms with E-state index in [4.69, 9.17) is 11.6 Å². The molecule has 0 aromatic heterocycles. The zero-order valence-corrected chi connectivity index (χ0v) is 13.2. The van der Waals surface area contributed by atoms with Crippen LogP contribution in [0.1, 0.15) is 15.9 Å². The minimum atomic E-state index is -0.574. The summed E-state index contributed by atoms with van der Waals surface area (Å²) in [7, 11) is 0. The van der Waals surface area contributed by atoms with E-state index in [9.17, 15) is 14.9 Å². The Labute approximate surface area is 134 Å². The minimum Gasteiger partial charge on any atom is -0.321 e. The van der Waals surface area contributed by atoms with E-state index in [2.05, 4.69) is 21.2 Å². The first-order valence-electron chi connectivity index (χ1n) is 5.91. The van der Waals surface area contributed by atoms with Gasteiger partial charge in [-0.25, -0.2) is 0 Å². The predicted octanol–water partition coefficient (Wildman–Crippen LogP) is 4.57. The maximum Gasteiger partial charge on any atom is 0.282 e. The second kappa shape index (κ2) is 6.24. The lowest BCUT2D eigenvalue weighted by Gasteiger charge is -2.10. The van der Waals surface area contributed by atoms with E-state index in [1.165, 1.54) is 6.07 Å². The van der Waals surface area contributed by atoms with Crippen LogP contribution in [0, 0.1) is 17.0 Å². The number of carbonyl (C=O) groups is 1. The van der Waals surface area contributed by atoms with Gasteiger partial charge in [-0.05, 0) is 40.5 Å². The van der Waals surface area contributed by atoms with Crippen molar-refractivity contribution in [2.75, 3.05) is 5.32 Å². The molecule has 0 heterocycles. The van der Waals surface area contributed by atoms with Gasteiger partial charge in [-0.1, -0.05) is 29.8 Å². The Morgan fingerprint density at radius 3 is 2.62 bits per heavy atom. The number of anilines is 1. The van der Waals surface area contributed by atoms with Gasteiger partial charge in [0.1, 0.15) is 5.56 Å². The van der Waals surface area contributed by atoms with E-state index in [0.717, 1.165) is 0 Å². The van der Waals surface area contributed by atoms with Gasteiger partial charge < -0.3 is 5.32 Å². The van der Waals surface area contributed by atoms with E-state index in [1.807, 2.05) is 0 Å². The van der Waals surface area contributed by atoms with Crippen LogP contribution in [0.5, 0.6) is 0 Å². The SMILES string of the molecule is Cc1cccc([N+](=O)[O-])c1C(=O)Nc1cccc(Cl)c1Br. The Morgan fingerprint density at radius 1 is 1.29 bits per heavy atom. The molecule has 0 unspecified atom stereocenters. The number of rotatable bonds is 3. The predicted molar refractivity (Wildman–Crippen MR) is 84.9 cm³/mol. The van der Waals surface area contributed by atoms with Gasteiger partial charge in [0.2, 0.25) is 0 Å². The van der Waals surface area contributed by atoms with Crippen molar-refractivity contribution < 1.29 is 9.72 Å². The number of halogens is 2. The largest absolute Gasteiger partial charge is 0.321 e. The molecule has 0 radical (unpaired) electrons. The first-order valence-corrected chi connectivity index (χ1v) is 7.08. The Bertz CT molecular complexity index is 734. The standard InChI is InChI=1S/C14H10BrClN2O3/c1-8-4-2-7-11(18(20)21)12(8)14(19)17-10-6-3-5-9(16)13(10)15/h2-7H,1H3,(H,17,19). The third-order valence-electron chi connectivity index (χ3n) is 2.87. The second-order valence-electron chi connectivity index (χ2n) is 4.28. The van der Waals surface area contributed by atoms with E-state index in [1.54, 1.807) is 37.3 Å². The summed E-state index contributed by atoms with van der Waals surface area (Å²) in [5.74, 6) is -0.553. The van der Waals surface area contributed by atoms with Crippen LogP contribution in [-0.4, -0.2) is 10.8 Å². The van der Waals surface area contributed by atoms with Crippen molar-refractivity contribution in [1.29, 1.82) is 0 Å². The maximum atomic E-state index is 12.3. The third-order valence-corrected chi connectivity index (χ3v) is 4.27. The molecule has 2 aromatic rings. The van der Waals surface area contributed by atoms with Gasteiger partial charge in [0.05, 0.1) is 20.1 Å². The fraction of sp³-hybridized carbons (Fsp3) is 0.0714. The molecule has 1 amide bonds. The lowest BCUT2D eigenvalue weighted by molar-refractivity contribution is -0.385. The topological polar surface area (TPSA) is 72.2 Å². The summed E-state index contributed by atoms with van der Waals surface area (Å²) < 4.78 is 0.524.